The molecule has 2 rings (SSSR count). The van der Waals surface area contributed by atoms with Crippen LogP contribution >= 0.6 is 12.2 Å². The number of aromatic amines is 1. The molecule has 0 fully saturated rings. The molecule has 18 heavy (non-hydrogen) atoms. The molecule has 0 saturated heterocycles. The number of para-hydroxylation sites is 1. The maximum atomic E-state index is 5.34. The number of quaternary nitrogens is 1. The first-order valence-corrected chi connectivity index (χ1v) is 6.58. The van der Waals surface area contributed by atoms with Gasteiger partial charge in [0.1, 0.15) is 6.04 Å². The molecule has 1 heterocycles. The van der Waals surface area contributed by atoms with Crippen LogP contribution in [0.3, 0.4) is 0 Å². The summed E-state index contributed by atoms with van der Waals surface area (Å²) in [4.78, 5) is 1.35. The molecular formula is C13H19N4S+. The van der Waals surface area contributed by atoms with Crippen LogP contribution in [0.1, 0.15) is 25.2 Å². The molecule has 0 spiro atoms. The first-order chi connectivity index (χ1) is 8.65. The van der Waals surface area contributed by atoms with Crippen molar-refractivity contribution in [3.05, 3.63) is 40.9 Å². The van der Waals surface area contributed by atoms with Gasteiger partial charge >= 0.3 is 0 Å². The summed E-state index contributed by atoms with van der Waals surface area (Å²) < 4.78 is 2.67. The van der Waals surface area contributed by atoms with Gasteiger partial charge in [-0.15, -0.1) is 0 Å². The standard InChI is InChI=1S/C13H18N4S/c1-4-11(16(2)3)12-14-15-13(18)17(12)10-8-6-5-7-9-10/h5-9,11H,4H2,1-3H3,(H,15,18)/p+1/t11-/m0/s1. The Labute approximate surface area is 112 Å². The van der Waals surface area contributed by atoms with Crippen molar-refractivity contribution in [1.29, 1.82) is 0 Å². The highest BCUT2D eigenvalue weighted by Gasteiger charge is 2.22. The van der Waals surface area contributed by atoms with E-state index < -0.39 is 0 Å². The Kier molecular flexibility index (Phi) is 3.93. The molecule has 5 heteroatoms. The molecule has 1 atom stereocenters. The number of nitrogens with one attached hydrogen (secondary N) is 2. The minimum absolute atomic E-state index is 0.332. The smallest absolute Gasteiger partial charge is 0.200 e. The van der Waals surface area contributed by atoms with Gasteiger partial charge in [0.05, 0.1) is 14.1 Å². The van der Waals surface area contributed by atoms with E-state index in [-0.39, 0.29) is 0 Å². The molecule has 0 aliphatic carbocycles. The third kappa shape index (κ3) is 2.37. The highest BCUT2D eigenvalue weighted by molar-refractivity contribution is 7.71. The van der Waals surface area contributed by atoms with Crippen molar-refractivity contribution >= 4 is 12.2 Å². The predicted octanol–water partition coefficient (Wildman–Crippen LogP) is 1.53. The highest BCUT2D eigenvalue weighted by Crippen LogP contribution is 2.16. The first-order valence-electron chi connectivity index (χ1n) is 6.18. The Morgan fingerprint density at radius 1 is 1.33 bits per heavy atom. The van der Waals surface area contributed by atoms with E-state index in [1.54, 1.807) is 0 Å². The maximum Gasteiger partial charge on any atom is 0.200 e. The molecular weight excluding hydrogens is 244 g/mol. The van der Waals surface area contributed by atoms with Crippen LogP contribution in [0.2, 0.25) is 0 Å². The van der Waals surface area contributed by atoms with Gasteiger partial charge in [0, 0.05) is 12.1 Å². The topological polar surface area (TPSA) is 38.0 Å². The molecule has 96 valence electrons. The van der Waals surface area contributed by atoms with Crippen LogP contribution in [0.25, 0.3) is 5.69 Å². The molecule has 4 nitrogen and oxygen atoms in total. The molecule has 2 N–H and O–H groups in total. The molecule has 0 aliphatic rings. The van der Waals surface area contributed by atoms with Crippen molar-refractivity contribution in [2.45, 2.75) is 19.4 Å². The Morgan fingerprint density at radius 2 is 2.00 bits per heavy atom. The van der Waals surface area contributed by atoms with Crippen molar-refractivity contribution in [2.24, 2.45) is 0 Å². The van der Waals surface area contributed by atoms with E-state index in [1.807, 2.05) is 34.9 Å². The summed E-state index contributed by atoms with van der Waals surface area (Å²) in [6.07, 6.45) is 1.02. The Morgan fingerprint density at radius 3 is 2.56 bits per heavy atom. The minimum Gasteiger partial charge on any atom is -0.331 e. The van der Waals surface area contributed by atoms with E-state index >= 15 is 0 Å². The van der Waals surface area contributed by atoms with Gasteiger partial charge < -0.3 is 4.90 Å². The fraction of sp³-hybridized carbons (Fsp3) is 0.385. The number of rotatable bonds is 4. The van der Waals surface area contributed by atoms with Crippen molar-refractivity contribution in [3.63, 3.8) is 0 Å². The average Bonchev–Trinajstić information content (AvgIpc) is 2.73. The third-order valence-corrected chi connectivity index (χ3v) is 3.40. The third-order valence-electron chi connectivity index (χ3n) is 3.13. The maximum absolute atomic E-state index is 5.34. The molecule has 0 amide bonds. The largest absolute Gasteiger partial charge is 0.331 e. The van der Waals surface area contributed by atoms with Gasteiger partial charge in [-0.3, -0.25) is 9.67 Å². The molecule has 2 aromatic rings. The van der Waals surface area contributed by atoms with Crippen molar-refractivity contribution in [2.75, 3.05) is 14.1 Å². The van der Waals surface area contributed by atoms with E-state index in [4.69, 9.17) is 12.2 Å². The van der Waals surface area contributed by atoms with Crippen molar-refractivity contribution in [1.82, 2.24) is 14.8 Å². The molecule has 0 saturated carbocycles. The lowest BCUT2D eigenvalue weighted by molar-refractivity contribution is -0.893. The number of hydrogen-bond acceptors (Lipinski definition) is 2. The summed E-state index contributed by atoms with van der Waals surface area (Å²) in [5.41, 5.74) is 1.06. The molecule has 1 aromatic carbocycles. The van der Waals surface area contributed by atoms with Gasteiger partial charge in [0.2, 0.25) is 0 Å². The molecule has 0 bridgehead atoms. The van der Waals surface area contributed by atoms with Gasteiger partial charge in [-0.2, -0.15) is 5.10 Å². The summed E-state index contributed by atoms with van der Waals surface area (Å²) in [6, 6.07) is 10.5. The van der Waals surface area contributed by atoms with Gasteiger partial charge in [0.25, 0.3) is 0 Å². The summed E-state index contributed by atoms with van der Waals surface area (Å²) in [5.74, 6) is 0.994. The quantitative estimate of drug-likeness (QED) is 0.821. The number of hydrogen-bond donors (Lipinski definition) is 2. The summed E-state index contributed by atoms with van der Waals surface area (Å²) in [6.45, 7) is 2.17. The lowest BCUT2D eigenvalue weighted by atomic mass is 10.2. The molecule has 0 unspecified atom stereocenters. The normalized spacial score (nSPS) is 12.9. The van der Waals surface area contributed by atoms with E-state index in [0.29, 0.717) is 10.8 Å². The minimum atomic E-state index is 0.332. The second kappa shape index (κ2) is 5.46. The lowest BCUT2D eigenvalue weighted by Crippen LogP contribution is -3.06. The zero-order valence-corrected chi connectivity index (χ0v) is 11.8. The number of benzene rings is 1. The van der Waals surface area contributed by atoms with Crippen LogP contribution in [0.4, 0.5) is 0 Å². The van der Waals surface area contributed by atoms with Gasteiger partial charge in [-0.05, 0) is 24.4 Å². The summed E-state index contributed by atoms with van der Waals surface area (Å²) in [5, 5.41) is 7.32. The van der Waals surface area contributed by atoms with Crippen LogP contribution < -0.4 is 4.90 Å². The SMILES string of the molecule is CC[C@@H](c1n[nH]c(=S)n1-c1ccccc1)[NH+](C)C. The average molecular weight is 263 g/mol. The van der Waals surface area contributed by atoms with Crippen molar-refractivity contribution in [3.8, 4) is 5.69 Å². The summed E-state index contributed by atoms with van der Waals surface area (Å²) >= 11 is 5.34. The fourth-order valence-corrected chi connectivity index (χ4v) is 2.46. The zero-order chi connectivity index (χ0) is 13.1. The molecule has 0 aliphatic heterocycles. The van der Waals surface area contributed by atoms with E-state index in [2.05, 4.69) is 31.2 Å². The highest BCUT2D eigenvalue weighted by atomic mass is 32.1. The second-order valence-corrected chi connectivity index (χ2v) is 4.98. The first kappa shape index (κ1) is 13.0. The van der Waals surface area contributed by atoms with Crippen LogP contribution in [-0.4, -0.2) is 28.9 Å². The zero-order valence-electron chi connectivity index (χ0n) is 11.0. The molecule has 1 aromatic heterocycles. The number of aromatic nitrogens is 3. The monoisotopic (exact) mass is 263 g/mol. The number of H-pyrrole nitrogens is 1. The van der Waals surface area contributed by atoms with E-state index in [1.165, 1.54) is 4.90 Å². The Hall–Kier alpha value is -1.46. The van der Waals surface area contributed by atoms with Gasteiger partial charge in [-0.1, -0.05) is 25.1 Å². The van der Waals surface area contributed by atoms with E-state index in [0.717, 1.165) is 17.9 Å². The van der Waals surface area contributed by atoms with Crippen LogP contribution in [0, 0.1) is 4.77 Å². The Bertz CT molecular complexity index is 556. The van der Waals surface area contributed by atoms with Crippen LogP contribution in [0.15, 0.2) is 30.3 Å². The van der Waals surface area contributed by atoms with Gasteiger partial charge in [-0.25, -0.2) is 0 Å². The summed E-state index contributed by atoms with van der Waals surface area (Å²) in [7, 11) is 4.28. The van der Waals surface area contributed by atoms with Crippen LogP contribution in [0.5, 0.6) is 0 Å². The predicted molar refractivity (Wildman–Crippen MR) is 74.6 cm³/mol. The van der Waals surface area contributed by atoms with E-state index in [9.17, 15) is 0 Å². The number of nitrogens with zero attached hydrogens (tertiary/aromatic N) is 2. The van der Waals surface area contributed by atoms with Crippen LogP contribution in [-0.2, 0) is 0 Å². The Balaban J connectivity index is 2.55. The van der Waals surface area contributed by atoms with Crippen molar-refractivity contribution < 1.29 is 4.90 Å². The van der Waals surface area contributed by atoms with Gasteiger partial charge in [0.15, 0.2) is 10.6 Å². The fourth-order valence-electron chi connectivity index (χ4n) is 2.22. The molecule has 0 radical (unpaired) electrons. The second-order valence-electron chi connectivity index (χ2n) is 4.60. The lowest BCUT2D eigenvalue weighted by Gasteiger charge is -2.19.